The molecule has 148 valence electrons. The first-order valence-corrected chi connectivity index (χ1v) is 9.92. The topological polar surface area (TPSA) is 203 Å². The Morgan fingerprint density at radius 1 is 1.14 bits per heavy atom. The van der Waals surface area contributed by atoms with E-state index in [-0.39, 0.29) is 49.5 Å². The van der Waals surface area contributed by atoms with Gasteiger partial charge in [-0.2, -0.15) is 19.3 Å². The van der Waals surface area contributed by atoms with Crippen LogP contribution in [-0.4, -0.2) is 53.5 Å². The zero-order chi connectivity index (χ0) is 20.4. The van der Waals surface area contributed by atoms with Crippen molar-refractivity contribution in [2.75, 3.05) is 17.2 Å². The summed E-state index contributed by atoms with van der Waals surface area (Å²) in [6.45, 7) is 1.83. The molecular formula is C12H14FN6NaO6S2. The number of hydrogen-bond acceptors (Lipinski definition) is 12. The van der Waals surface area contributed by atoms with E-state index in [1.54, 1.807) is 6.92 Å². The fourth-order valence-electron chi connectivity index (χ4n) is 1.84. The monoisotopic (exact) mass is 444 g/mol. The van der Waals surface area contributed by atoms with Gasteiger partial charge in [0.2, 0.25) is 11.9 Å². The van der Waals surface area contributed by atoms with Crippen LogP contribution in [0, 0.1) is 6.08 Å². The molecule has 0 saturated carbocycles. The summed E-state index contributed by atoms with van der Waals surface area (Å²) in [4.78, 5) is 8.68. The van der Waals surface area contributed by atoms with Crippen LogP contribution >= 0.6 is 0 Å². The number of halogens is 1. The second-order valence-corrected chi connectivity index (χ2v) is 8.03. The largest absolute Gasteiger partial charge is 1.00 e. The summed E-state index contributed by atoms with van der Waals surface area (Å²) in [6, 6.07) is 1.56. The SMILES string of the molecule is CC(N)CNc1nc(F)nc(Nc2cc(S(=O)(=O)[O-])ccc2S(=O)(=O)[O-])n1.[H+].[Na+]. The number of nitrogens with two attached hydrogens (primary N) is 1. The second-order valence-electron chi connectivity index (χ2n) is 5.30. The molecule has 0 aliphatic rings. The van der Waals surface area contributed by atoms with Gasteiger partial charge in [-0.05, 0) is 25.1 Å². The molecule has 0 spiro atoms. The predicted octanol–water partition coefficient (Wildman–Crippen LogP) is -3.56. The van der Waals surface area contributed by atoms with Crippen molar-refractivity contribution in [3.05, 3.63) is 24.3 Å². The average molecular weight is 444 g/mol. The van der Waals surface area contributed by atoms with Gasteiger partial charge >= 0.3 is 37.1 Å². The zero-order valence-electron chi connectivity index (χ0n) is 15.6. The van der Waals surface area contributed by atoms with Crippen LogP contribution in [0.4, 0.5) is 22.0 Å². The first kappa shape index (κ1) is 24.6. The van der Waals surface area contributed by atoms with Crippen LogP contribution in [0.3, 0.4) is 0 Å². The van der Waals surface area contributed by atoms with Crippen LogP contribution in [-0.2, 0) is 20.2 Å². The summed E-state index contributed by atoms with van der Waals surface area (Å²) in [5.74, 6) is -0.790. The second kappa shape index (κ2) is 9.36. The summed E-state index contributed by atoms with van der Waals surface area (Å²) in [6.07, 6.45) is -1.25. The first-order chi connectivity index (χ1) is 12.4. The zero-order valence-corrected chi connectivity index (χ0v) is 18.2. The molecule has 16 heteroatoms. The molecule has 1 aromatic carbocycles. The van der Waals surface area contributed by atoms with Gasteiger partial charge in [-0.25, -0.2) is 16.8 Å². The number of hydrogen-bond donors (Lipinski definition) is 3. The summed E-state index contributed by atoms with van der Waals surface area (Å²) < 4.78 is 80.9. The molecule has 1 atom stereocenters. The molecule has 2 aromatic rings. The Labute approximate surface area is 183 Å². The van der Waals surface area contributed by atoms with Crippen molar-refractivity contribution in [2.45, 2.75) is 22.8 Å². The van der Waals surface area contributed by atoms with Crippen molar-refractivity contribution < 1.29 is 61.3 Å². The smallest absolute Gasteiger partial charge is 0.744 e. The average Bonchev–Trinajstić information content (AvgIpc) is 2.50. The molecule has 0 aliphatic heterocycles. The van der Waals surface area contributed by atoms with Gasteiger partial charge in [0.25, 0.3) is 0 Å². The maximum atomic E-state index is 13.6. The predicted molar refractivity (Wildman–Crippen MR) is 88.7 cm³/mol. The van der Waals surface area contributed by atoms with Crippen LogP contribution in [0.15, 0.2) is 28.0 Å². The van der Waals surface area contributed by atoms with Crippen molar-refractivity contribution in [3.63, 3.8) is 0 Å². The van der Waals surface area contributed by atoms with Crippen LogP contribution in [0.2, 0.25) is 0 Å². The molecule has 1 heterocycles. The summed E-state index contributed by atoms with van der Waals surface area (Å²) >= 11 is 0. The van der Waals surface area contributed by atoms with Crippen molar-refractivity contribution in [1.29, 1.82) is 0 Å². The minimum absolute atomic E-state index is 0. The number of aromatic nitrogens is 3. The Hall–Kier alpha value is -1.46. The number of benzene rings is 1. The van der Waals surface area contributed by atoms with Crippen LogP contribution in [0.5, 0.6) is 0 Å². The van der Waals surface area contributed by atoms with E-state index in [1.165, 1.54) is 0 Å². The molecule has 0 fully saturated rings. The molecule has 0 amide bonds. The van der Waals surface area contributed by atoms with Gasteiger partial charge in [-0.15, -0.1) is 0 Å². The molecule has 28 heavy (non-hydrogen) atoms. The summed E-state index contributed by atoms with van der Waals surface area (Å²) in [5.41, 5.74) is 4.91. The molecule has 0 radical (unpaired) electrons. The van der Waals surface area contributed by atoms with Crippen LogP contribution in [0.1, 0.15) is 8.35 Å². The van der Waals surface area contributed by atoms with Crippen molar-refractivity contribution in [2.24, 2.45) is 5.73 Å². The molecule has 4 N–H and O–H groups in total. The molecule has 1 unspecified atom stereocenters. The summed E-state index contributed by atoms with van der Waals surface area (Å²) in [5, 5.41) is 4.80. The van der Waals surface area contributed by atoms with Gasteiger partial charge in [-0.3, -0.25) is 0 Å². The molecule has 0 saturated heterocycles. The minimum atomic E-state index is -5.06. The molecule has 0 aliphatic carbocycles. The van der Waals surface area contributed by atoms with E-state index >= 15 is 0 Å². The van der Waals surface area contributed by atoms with Crippen LogP contribution < -0.4 is 45.9 Å². The Balaban J connectivity index is 0.00000392. The van der Waals surface area contributed by atoms with E-state index < -0.39 is 47.7 Å². The van der Waals surface area contributed by atoms with Gasteiger partial charge in [0.15, 0.2) is 0 Å². The number of anilines is 3. The molecule has 1 aromatic heterocycles. The minimum Gasteiger partial charge on any atom is -0.744 e. The van der Waals surface area contributed by atoms with Gasteiger partial charge in [0, 0.05) is 12.6 Å². The van der Waals surface area contributed by atoms with Crippen molar-refractivity contribution in [3.8, 4) is 0 Å². The van der Waals surface area contributed by atoms with E-state index in [2.05, 4.69) is 25.6 Å². The van der Waals surface area contributed by atoms with E-state index in [0.29, 0.717) is 18.2 Å². The van der Waals surface area contributed by atoms with Crippen LogP contribution in [0.25, 0.3) is 0 Å². The number of nitrogens with one attached hydrogen (secondary N) is 2. The third-order valence-electron chi connectivity index (χ3n) is 2.95. The third-order valence-corrected chi connectivity index (χ3v) is 4.67. The first-order valence-electron chi connectivity index (χ1n) is 7.10. The number of rotatable bonds is 7. The van der Waals surface area contributed by atoms with Crippen molar-refractivity contribution >= 4 is 37.8 Å². The fourth-order valence-corrected chi connectivity index (χ4v) is 2.95. The Bertz CT molecular complexity index is 1070. The molecule has 2 rings (SSSR count). The summed E-state index contributed by atoms with van der Waals surface area (Å²) in [7, 11) is -10.0. The molecular weight excluding hydrogens is 430 g/mol. The Kier molecular flexibility index (Phi) is 8.21. The fraction of sp³-hybridized carbons (Fsp3) is 0.250. The Morgan fingerprint density at radius 3 is 2.29 bits per heavy atom. The van der Waals surface area contributed by atoms with Gasteiger partial charge in [-0.1, -0.05) is 0 Å². The molecule has 0 bridgehead atoms. The van der Waals surface area contributed by atoms with E-state index in [0.717, 1.165) is 0 Å². The number of nitrogens with zero attached hydrogens (tertiary/aromatic N) is 3. The maximum absolute atomic E-state index is 13.6. The Morgan fingerprint density at radius 2 is 1.75 bits per heavy atom. The van der Waals surface area contributed by atoms with Gasteiger partial charge in [0.1, 0.15) is 20.2 Å². The van der Waals surface area contributed by atoms with E-state index in [9.17, 15) is 30.3 Å². The van der Waals surface area contributed by atoms with Crippen molar-refractivity contribution in [1.82, 2.24) is 15.0 Å². The molecule has 12 nitrogen and oxygen atoms in total. The van der Waals surface area contributed by atoms with Gasteiger partial charge < -0.3 is 25.5 Å². The van der Waals surface area contributed by atoms with Gasteiger partial charge in [0.05, 0.1) is 15.5 Å². The van der Waals surface area contributed by atoms with E-state index in [1.807, 2.05) is 0 Å². The quantitative estimate of drug-likeness (QED) is 0.280. The normalized spacial score (nSPS) is 12.8. The maximum Gasteiger partial charge on any atom is 1.00 e. The third kappa shape index (κ3) is 6.85. The standard InChI is InChI=1S/C12H15FN6O6S2.Na/c1-6(14)5-15-11-17-10(13)18-12(19-11)16-8-4-7(26(20,21)22)2-3-9(8)27(23,24)25;/h2-4,6H,5,14H2,1H3,(H,20,21,22)(H,23,24,25)(H2,15,16,17,18,19);/q;+1/p-1. The van der Waals surface area contributed by atoms with E-state index in [4.69, 9.17) is 5.73 Å².